The Balaban J connectivity index is 0.00000320. The minimum atomic E-state index is -3.65. The maximum Gasteiger partial charge on any atom is 0.238 e. The average molecular weight is 541 g/mol. The SMILES string of the molecule is CCNC(=NCCc1c[nH]c2ccccc12)NCCc1ccc(S(N)(=O)=O)cc1.I. The van der Waals surface area contributed by atoms with Crippen molar-refractivity contribution in [1.29, 1.82) is 0 Å². The maximum absolute atomic E-state index is 11.3. The Morgan fingerprint density at radius 3 is 2.50 bits per heavy atom. The molecule has 7 nitrogen and oxygen atoms in total. The highest BCUT2D eigenvalue weighted by atomic mass is 127. The van der Waals surface area contributed by atoms with Gasteiger partial charge in [0.05, 0.1) is 4.90 Å². The van der Waals surface area contributed by atoms with E-state index >= 15 is 0 Å². The van der Waals surface area contributed by atoms with E-state index < -0.39 is 10.0 Å². The number of rotatable bonds is 8. The molecule has 1 heterocycles. The third-order valence-corrected chi connectivity index (χ3v) is 5.56. The smallest absolute Gasteiger partial charge is 0.238 e. The van der Waals surface area contributed by atoms with Gasteiger partial charge >= 0.3 is 0 Å². The number of aliphatic imine (C=N–C) groups is 1. The Morgan fingerprint density at radius 2 is 1.80 bits per heavy atom. The summed E-state index contributed by atoms with van der Waals surface area (Å²) in [6.45, 7) is 4.18. The van der Waals surface area contributed by atoms with Gasteiger partial charge in [0.2, 0.25) is 10.0 Å². The zero-order chi connectivity index (χ0) is 20.7. The predicted molar refractivity (Wildman–Crippen MR) is 133 cm³/mol. The fourth-order valence-electron chi connectivity index (χ4n) is 3.14. The van der Waals surface area contributed by atoms with Gasteiger partial charge < -0.3 is 15.6 Å². The van der Waals surface area contributed by atoms with Crippen LogP contribution in [0.2, 0.25) is 0 Å². The third-order valence-electron chi connectivity index (χ3n) is 4.63. The van der Waals surface area contributed by atoms with Crippen molar-refractivity contribution in [1.82, 2.24) is 15.6 Å². The van der Waals surface area contributed by atoms with Crippen LogP contribution in [-0.2, 0) is 22.9 Å². The van der Waals surface area contributed by atoms with Crippen molar-refractivity contribution in [3.63, 3.8) is 0 Å². The van der Waals surface area contributed by atoms with Crippen LogP contribution >= 0.6 is 24.0 Å². The molecule has 0 bridgehead atoms. The molecule has 30 heavy (non-hydrogen) atoms. The summed E-state index contributed by atoms with van der Waals surface area (Å²) in [7, 11) is -3.65. The summed E-state index contributed by atoms with van der Waals surface area (Å²) in [6.07, 6.45) is 3.65. The van der Waals surface area contributed by atoms with Crippen LogP contribution in [0.1, 0.15) is 18.1 Å². The van der Waals surface area contributed by atoms with Crippen LogP contribution in [-0.4, -0.2) is 39.0 Å². The first-order chi connectivity index (χ1) is 14.0. The summed E-state index contributed by atoms with van der Waals surface area (Å²) in [5, 5.41) is 12.9. The lowest BCUT2D eigenvalue weighted by molar-refractivity contribution is 0.598. The molecule has 0 saturated carbocycles. The first-order valence-corrected chi connectivity index (χ1v) is 11.2. The molecule has 3 aromatic rings. The molecule has 162 valence electrons. The predicted octanol–water partition coefficient (Wildman–Crippen LogP) is 2.77. The van der Waals surface area contributed by atoms with E-state index in [4.69, 9.17) is 5.14 Å². The van der Waals surface area contributed by atoms with Gasteiger partial charge in [-0.1, -0.05) is 30.3 Å². The summed E-state index contributed by atoms with van der Waals surface area (Å²) < 4.78 is 22.6. The van der Waals surface area contributed by atoms with Crippen molar-refractivity contribution >= 4 is 50.9 Å². The molecule has 0 unspecified atom stereocenters. The molecular weight excluding hydrogens is 513 g/mol. The van der Waals surface area contributed by atoms with Crippen LogP contribution in [0.4, 0.5) is 0 Å². The van der Waals surface area contributed by atoms with E-state index in [2.05, 4.69) is 32.7 Å². The number of halogens is 1. The Morgan fingerprint density at radius 1 is 1.07 bits per heavy atom. The minimum absolute atomic E-state index is 0. The van der Waals surface area contributed by atoms with E-state index in [1.807, 2.05) is 25.3 Å². The molecule has 0 radical (unpaired) electrons. The zero-order valence-corrected chi connectivity index (χ0v) is 20.0. The monoisotopic (exact) mass is 541 g/mol. The lowest BCUT2D eigenvalue weighted by Crippen LogP contribution is -2.38. The second-order valence-electron chi connectivity index (χ2n) is 6.74. The van der Waals surface area contributed by atoms with Crippen LogP contribution in [0.15, 0.2) is 64.6 Å². The molecule has 0 aliphatic carbocycles. The Kier molecular flexibility index (Phi) is 9.12. The summed E-state index contributed by atoms with van der Waals surface area (Å²) in [5.41, 5.74) is 3.43. The number of guanidine groups is 1. The molecule has 0 aliphatic rings. The molecule has 0 saturated heterocycles. The molecule has 0 spiro atoms. The van der Waals surface area contributed by atoms with Crippen molar-refractivity contribution in [2.45, 2.75) is 24.7 Å². The van der Waals surface area contributed by atoms with Crippen LogP contribution in [0.25, 0.3) is 10.9 Å². The third kappa shape index (κ3) is 6.71. The van der Waals surface area contributed by atoms with Gasteiger partial charge in [0.1, 0.15) is 0 Å². The molecule has 0 fully saturated rings. The van der Waals surface area contributed by atoms with E-state index in [0.717, 1.165) is 36.4 Å². The first kappa shape index (κ1) is 24.2. The van der Waals surface area contributed by atoms with Crippen molar-refractivity contribution in [2.24, 2.45) is 10.1 Å². The molecule has 9 heteroatoms. The van der Waals surface area contributed by atoms with E-state index in [9.17, 15) is 8.42 Å². The number of nitrogens with two attached hydrogens (primary N) is 1. The van der Waals surface area contributed by atoms with E-state index in [0.29, 0.717) is 13.1 Å². The largest absolute Gasteiger partial charge is 0.361 e. The fourth-order valence-corrected chi connectivity index (χ4v) is 3.65. The molecule has 0 atom stereocenters. The van der Waals surface area contributed by atoms with Gasteiger partial charge in [0.25, 0.3) is 0 Å². The summed E-state index contributed by atoms with van der Waals surface area (Å²) in [4.78, 5) is 8.08. The van der Waals surface area contributed by atoms with Crippen molar-refractivity contribution in [2.75, 3.05) is 19.6 Å². The number of fused-ring (bicyclic) bond motifs is 1. The van der Waals surface area contributed by atoms with Crippen molar-refractivity contribution in [3.8, 4) is 0 Å². The second kappa shape index (κ2) is 11.3. The van der Waals surface area contributed by atoms with Gasteiger partial charge in [-0.05, 0) is 49.1 Å². The minimum Gasteiger partial charge on any atom is -0.361 e. The number of benzene rings is 2. The zero-order valence-electron chi connectivity index (χ0n) is 16.9. The summed E-state index contributed by atoms with van der Waals surface area (Å²) in [6, 6.07) is 14.9. The number of para-hydroxylation sites is 1. The quantitative estimate of drug-likeness (QED) is 0.200. The van der Waals surface area contributed by atoms with Crippen LogP contribution in [0.5, 0.6) is 0 Å². The number of sulfonamides is 1. The highest BCUT2D eigenvalue weighted by Crippen LogP contribution is 2.17. The standard InChI is InChI=1S/C21H27N5O2S.HI/c1-2-23-21(24-13-11-16-7-9-18(10-8-16)29(22,27)28)25-14-12-17-15-26-20-6-4-3-5-19(17)20;/h3-10,15,26H,2,11-14H2,1H3,(H2,22,27,28)(H2,23,24,25);1H. The number of nitrogens with one attached hydrogen (secondary N) is 3. The van der Waals surface area contributed by atoms with Crippen molar-refractivity contribution in [3.05, 3.63) is 65.9 Å². The van der Waals surface area contributed by atoms with E-state index in [-0.39, 0.29) is 28.9 Å². The van der Waals surface area contributed by atoms with Gasteiger partial charge in [-0.15, -0.1) is 24.0 Å². The molecule has 2 aromatic carbocycles. The normalized spacial score (nSPS) is 11.9. The van der Waals surface area contributed by atoms with Gasteiger partial charge in [-0.2, -0.15) is 0 Å². The molecule has 5 N–H and O–H groups in total. The summed E-state index contributed by atoms with van der Waals surface area (Å²) in [5.74, 6) is 0.772. The summed E-state index contributed by atoms with van der Waals surface area (Å²) >= 11 is 0. The number of primary sulfonamides is 1. The first-order valence-electron chi connectivity index (χ1n) is 9.66. The molecule has 0 amide bonds. The Hall–Kier alpha value is -2.11. The van der Waals surface area contributed by atoms with Crippen LogP contribution in [0.3, 0.4) is 0 Å². The van der Waals surface area contributed by atoms with Gasteiger partial charge in [-0.25, -0.2) is 13.6 Å². The van der Waals surface area contributed by atoms with Gasteiger partial charge in [0, 0.05) is 36.7 Å². The van der Waals surface area contributed by atoms with Crippen LogP contribution in [0, 0.1) is 0 Å². The Bertz CT molecular complexity index is 1080. The lowest BCUT2D eigenvalue weighted by Gasteiger charge is -2.11. The fraction of sp³-hybridized carbons (Fsp3) is 0.286. The number of aromatic amines is 1. The second-order valence-corrected chi connectivity index (χ2v) is 8.30. The number of hydrogen-bond acceptors (Lipinski definition) is 3. The van der Waals surface area contributed by atoms with Crippen LogP contribution < -0.4 is 15.8 Å². The molecule has 1 aromatic heterocycles. The highest BCUT2D eigenvalue weighted by molar-refractivity contribution is 14.0. The molecular formula is C21H28IN5O2S. The number of H-pyrrole nitrogens is 1. The van der Waals surface area contributed by atoms with E-state index in [1.165, 1.54) is 23.1 Å². The van der Waals surface area contributed by atoms with E-state index in [1.54, 1.807) is 12.1 Å². The maximum atomic E-state index is 11.3. The highest BCUT2D eigenvalue weighted by Gasteiger charge is 2.07. The number of nitrogens with zero attached hydrogens (tertiary/aromatic N) is 1. The number of hydrogen-bond donors (Lipinski definition) is 4. The lowest BCUT2D eigenvalue weighted by atomic mass is 10.1. The topological polar surface area (TPSA) is 112 Å². The molecule has 3 rings (SSSR count). The van der Waals surface area contributed by atoms with Crippen molar-refractivity contribution < 1.29 is 8.42 Å². The Labute approximate surface area is 194 Å². The molecule has 0 aliphatic heterocycles. The van der Waals surface area contributed by atoms with Gasteiger partial charge in [0.15, 0.2) is 5.96 Å². The van der Waals surface area contributed by atoms with Gasteiger partial charge in [-0.3, -0.25) is 4.99 Å². The number of aromatic nitrogens is 1. The average Bonchev–Trinajstić information content (AvgIpc) is 3.11.